The lowest BCUT2D eigenvalue weighted by atomic mass is 9.85. The van der Waals surface area contributed by atoms with E-state index in [0.717, 1.165) is 11.8 Å². The van der Waals surface area contributed by atoms with Crippen LogP contribution in [0.1, 0.15) is 89.9 Å². The fourth-order valence-corrected chi connectivity index (χ4v) is 3.83. The van der Waals surface area contributed by atoms with Gasteiger partial charge in [0.15, 0.2) is 0 Å². The minimum atomic E-state index is 1.02. The van der Waals surface area contributed by atoms with Crippen LogP contribution in [0.4, 0.5) is 0 Å². The highest BCUT2D eigenvalue weighted by molar-refractivity contribution is 4.85. The van der Waals surface area contributed by atoms with Gasteiger partial charge in [0.05, 0.1) is 0 Å². The van der Waals surface area contributed by atoms with Gasteiger partial charge in [0.25, 0.3) is 0 Å². The Kier molecular flexibility index (Phi) is 6.90. The molecule has 0 aliphatic heterocycles. The third-order valence-electron chi connectivity index (χ3n) is 5.07. The first kappa shape index (κ1) is 14.2. The molecule has 0 saturated heterocycles. The van der Waals surface area contributed by atoms with Gasteiger partial charge in [-0.2, -0.15) is 0 Å². The molecule has 2 saturated carbocycles. The number of rotatable bonds is 6. The smallest absolute Gasteiger partial charge is 0.0322 e. The van der Waals surface area contributed by atoms with Gasteiger partial charge in [-0.05, 0) is 31.1 Å². The van der Waals surface area contributed by atoms with Crippen molar-refractivity contribution in [2.75, 3.05) is 0 Å². The topological polar surface area (TPSA) is 0 Å². The highest BCUT2D eigenvalue weighted by atomic mass is 14.2. The molecule has 0 aromatic rings. The van der Waals surface area contributed by atoms with Crippen molar-refractivity contribution < 1.29 is 0 Å². The maximum Gasteiger partial charge on any atom is -0.0322 e. The average Bonchev–Trinajstić information content (AvgIpc) is 2.45. The van der Waals surface area contributed by atoms with Gasteiger partial charge in [0.1, 0.15) is 0 Å². The average molecular weight is 248 g/mol. The zero-order valence-electron chi connectivity index (χ0n) is 12.2. The van der Waals surface area contributed by atoms with E-state index in [1.54, 1.807) is 0 Å². The minimum Gasteiger partial charge on any atom is -0.0885 e. The van der Waals surface area contributed by atoms with Crippen molar-refractivity contribution in [2.45, 2.75) is 89.9 Å². The van der Waals surface area contributed by atoms with E-state index in [4.69, 9.17) is 0 Å². The molecular formula is C18H32. The lowest BCUT2D eigenvalue weighted by molar-refractivity contribution is 0.333. The molecule has 0 radical (unpaired) electrons. The van der Waals surface area contributed by atoms with E-state index in [1.807, 2.05) is 0 Å². The van der Waals surface area contributed by atoms with E-state index in [-0.39, 0.29) is 0 Å². The molecule has 0 spiro atoms. The molecule has 0 amide bonds. The van der Waals surface area contributed by atoms with Crippen LogP contribution in [0.3, 0.4) is 0 Å². The van der Waals surface area contributed by atoms with Crippen molar-refractivity contribution in [3.63, 3.8) is 0 Å². The summed E-state index contributed by atoms with van der Waals surface area (Å²) >= 11 is 0. The summed E-state index contributed by atoms with van der Waals surface area (Å²) in [6.45, 7) is 0. The first-order valence-corrected chi connectivity index (χ1v) is 8.60. The van der Waals surface area contributed by atoms with Crippen LogP contribution in [0, 0.1) is 11.8 Å². The summed E-state index contributed by atoms with van der Waals surface area (Å²) in [7, 11) is 0. The van der Waals surface area contributed by atoms with E-state index in [0.29, 0.717) is 0 Å². The normalized spacial score (nSPS) is 23.8. The number of unbranched alkanes of at least 4 members (excludes halogenated alkanes) is 1. The predicted octanol–water partition coefficient (Wildman–Crippen LogP) is 6.26. The van der Waals surface area contributed by atoms with Crippen LogP contribution in [0.2, 0.25) is 0 Å². The molecule has 0 N–H and O–H groups in total. The summed E-state index contributed by atoms with van der Waals surface area (Å²) in [4.78, 5) is 0. The maximum atomic E-state index is 2.48. The largest absolute Gasteiger partial charge is 0.0885 e. The third kappa shape index (κ3) is 5.59. The first-order valence-electron chi connectivity index (χ1n) is 8.60. The van der Waals surface area contributed by atoms with E-state index < -0.39 is 0 Å². The SMILES string of the molecule is C(=CCC1CCCCC1)CCCC1CCCCC1. The van der Waals surface area contributed by atoms with Crippen LogP contribution in [0.5, 0.6) is 0 Å². The zero-order valence-corrected chi connectivity index (χ0v) is 12.2. The van der Waals surface area contributed by atoms with Gasteiger partial charge >= 0.3 is 0 Å². The fraction of sp³-hybridized carbons (Fsp3) is 0.889. The van der Waals surface area contributed by atoms with E-state index in [9.17, 15) is 0 Å². The molecule has 2 aliphatic rings. The molecule has 2 rings (SSSR count). The summed E-state index contributed by atoms with van der Waals surface area (Å²) in [5.41, 5.74) is 0. The molecule has 2 fully saturated rings. The van der Waals surface area contributed by atoms with Crippen molar-refractivity contribution in [2.24, 2.45) is 11.8 Å². The Labute approximate surface area is 114 Å². The van der Waals surface area contributed by atoms with Crippen LogP contribution in [-0.2, 0) is 0 Å². The number of allylic oxidation sites excluding steroid dienone is 2. The monoisotopic (exact) mass is 248 g/mol. The molecule has 0 aromatic heterocycles. The van der Waals surface area contributed by atoms with Gasteiger partial charge in [0.2, 0.25) is 0 Å². The molecule has 0 nitrogen and oxygen atoms in total. The van der Waals surface area contributed by atoms with Gasteiger partial charge in [0, 0.05) is 0 Å². The molecule has 0 atom stereocenters. The highest BCUT2D eigenvalue weighted by Gasteiger charge is 2.12. The molecule has 0 unspecified atom stereocenters. The van der Waals surface area contributed by atoms with Crippen LogP contribution in [-0.4, -0.2) is 0 Å². The second-order valence-electron chi connectivity index (χ2n) is 6.65. The molecule has 0 heterocycles. The molecule has 18 heavy (non-hydrogen) atoms. The van der Waals surface area contributed by atoms with Crippen LogP contribution in [0.15, 0.2) is 12.2 Å². The lowest BCUT2D eigenvalue weighted by Gasteiger charge is -2.21. The summed E-state index contributed by atoms with van der Waals surface area (Å²) < 4.78 is 0. The molecule has 0 bridgehead atoms. The Morgan fingerprint density at radius 1 is 0.667 bits per heavy atom. The van der Waals surface area contributed by atoms with E-state index >= 15 is 0 Å². The quantitative estimate of drug-likeness (QED) is 0.384. The Morgan fingerprint density at radius 2 is 1.28 bits per heavy atom. The van der Waals surface area contributed by atoms with Gasteiger partial charge in [-0.15, -0.1) is 0 Å². The van der Waals surface area contributed by atoms with E-state index in [2.05, 4.69) is 12.2 Å². The van der Waals surface area contributed by atoms with E-state index in [1.165, 1.54) is 89.9 Å². The maximum absolute atomic E-state index is 2.48. The Bertz CT molecular complexity index is 216. The molecule has 0 aromatic carbocycles. The van der Waals surface area contributed by atoms with Crippen LogP contribution >= 0.6 is 0 Å². The first-order chi connectivity index (χ1) is 8.95. The van der Waals surface area contributed by atoms with Crippen molar-refractivity contribution in [1.29, 1.82) is 0 Å². The Morgan fingerprint density at radius 3 is 1.94 bits per heavy atom. The minimum absolute atomic E-state index is 1.02. The van der Waals surface area contributed by atoms with Crippen LogP contribution < -0.4 is 0 Å². The Balaban J connectivity index is 1.46. The number of hydrogen-bond donors (Lipinski definition) is 0. The summed E-state index contributed by atoms with van der Waals surface area (Å²) in [6.07, 6.45) is 25.6. The molecular weight excluding hydrogens is 216 g/mol. The van der Waals surface area contributed by atoms with Crippen LogP contribution in [0.25, 0.3) is 0 Å². The highest BCUT2D eigenvalue weighted by Crippen LogP contribution is 2.28. The lowest BCUT2D eigenvalue weighted by Crippen LogP contribution is -2.05. The van der Waals surface area contributed by atoms with Crippen molar-refractivity contribution in [1.82, 2.24) is 0 Å². The van der Waals surface area contributed by atoms with Crippen molar-refractivity contribution in [3.8, 4) is 0 Å². The van der Waals surface area contributed by atoms with Gasteiger partial charge < -0.3 is 0 Å². The van der Waals surface area contributed by atoms with Crippen molar-refractivity contribution in [3.05, 3.63) is 12.2 Å². The van der Waals surface area contributed by atoms with Gasteiger partial charge in [-0.25, -0.2) is 0 Å². The second-order valence-corrected chi connectivity index (χ2v) is 6.65. The summed E-state index contributed by atoms with van der Waals surface area (Å²) in [5.74, 6) is 2.10. The second kappa shape index (κ2) is 8.77. The Hall–Kier alpha value is -0.260. The number of hydrogen-bond acceptors (Lipinski definition) is 0. The zero-order chi connectivity index (χ0) is 12.5. The molecule has 104 valence electrons. The van der Waals surface area contributed by atoms with Crippen molar-refractivity contribution >= 4 is 0 Å². The third-order valence-corrected chi connectivity index (χ3v) is 5.07. The van der Waals surface area contributed by atoms with Gasteiger partial charge in [-0.3, -0.25) is 0 Å². The van der Waals surface area contributed by atoms with Gasteiger partial charge in [-0.1, -0.05) is 82.8 Å². The fourth-order valence-electron chi connectivity index (χ4n) is 3.83. The molecule has 0 heteroatoms. The predicted molar refractivity (Wildman–Crippen MR) is 80.8 cm³/mol. The molecule has 2 aliphatic carbocycles. The summed E-state index contributed by atoms with van der Waals surface area (Å²) in [5, 5.41) is 0. The summed E-state index contributed by atoms with van der Waals surface area (Å²) in [6, 6.07) is 0. The standard InChI is InChI=1S/C18H32/c1(5-11-17-13-7-3-8-14-17)2-6-12-18-15-9-4-10-16-18/h1,5,17-18H,2-4,6-16H2.